The Morgan fingerprint density at radius 2 is 1.53 bits per heavy atom. The maximum Gasteiger partial charge on any atom is 0.265 e. The largest absolute Gasteiger partial charge is 0.482 e. The third kappa shape index (κ3) is 5.13. The lowest BCUT2D eigenvalue weighted by Gasteiger charge is -2.32. The first-order valence-electron chi connectivity index (χ1n) is 11.8. The first-order valence-corrected chi connectivity index (χ1v) is 11.8. The molecule has 1 fully saturated rings. The predicted octanol–water partition coefficient (Wildman–Crippen LogP) is 4.01. The molecule has 1 saturated heterocycles. The summed E-state index contributed by atoms with van der Waals surface area (Å²) in [6.07, 6.45) is 1.86. The van der Waals surface area contributed by atoms with Crippen molar-refractivity contribution >= 4 is 17.5 Å². The highest BCUT2D eigenvalue weighted by Crippen LogP contribution is 2.34. The lowest BCUT2D eigenvalue weighted by molar-refractivity contribution is -0.121. The van der Waals surface area contributed by atoms with Crippen molar-refractivity contribution in [3.8, 4) is 5.75 Å². The quantitative estimate of drug-likeness (QED) is 0.610. The van der Waals surface area contributed by atoms with E-state index in [9.17, 15) is 9.59 Å². The van der Waals surface area contributed by atoms with Gasteiger partial charge in [-0.1, -0.05) is 60.7 Å². The number of likely N-dealkylation sites (tertiary alicyclic amines) is 1. The van der Waals surface area contributed by atoms with Crippen LogP contribution in [0.1, 0.15) is 34.3 Å². The molecule has 0 aromatic heterocycles. The Bertz CT molecular complexity index is 1140. The van der Waals surface area contributed by atoms with Crippen LogP contribution in [0.4, 0.5) is 5.69 Å². The number of anilines is 1. The third-order valence-corrected chi connectivity index (χ3v) is 6.52. The van der Waals surface area contributed by atoms with Crippen LogP contribution in [0.2, 0.25) is 0 Å². The smallest absolute Gasteiger partial charge is 0.265 e. The number of hydrogen-bond donors (Lipinski definition) is 1. The Hall–Kier alpha value is -3.64. The summed E-state index contributed by atoms with van der Waals surface area (Å²) in [5, 5.41) is 3.18. The number of rotatable bonds is 6. The van der Waals surface area contributed by atoms with Crippen molar-refractivity contribution in [2.24, 2.45) is 0 Å². The number of nitrogens with zero attached hydrogens (tertiary/aromatic N) is 2. The highest BCUT2D eigenvalue weighted by atomic mass is 16.5. The highest BCUT2D eigenvalue weighted by molar-refractivity contribution is 6.00. The molecule has 0 unspecified atom stereocenters. The van der Waals surface area contributed by atoms with Crippen molar-refractivity contribution in [3.63, 3.8) is 0 Å². The molecular weight excluding hydrogens is 426 g/mol. The molecule has 2 aliphatic rings. The van der Waals surface area contributed by atoms with Gasteiger partial charge in [-0.2, -0.15) is 0 Å². The molecule has 2 heterocycles. The number of ether oxygens (including phenoxy) is 1. The Labute approximate surface area is 200 Å². The maximum absolute atomic E-state index is 12.9. The Kier molecular flexibility index (Phi) is 6.58. The average molecular weight is 456 g/mol. The standard InChI is InChI=1S/C28H29N3O3/c32-27-20-34-26-17-23(11-12-25(26)31(27)19-22-9-5-2-6-10-22)28(33)29-24-13-15-30(16-14-24)18-21-7-3-1-4-8-21/h1-12,17,24H,13-16,18-20H2,(H,29,33). The number of benzene rings is 3. The van der Waals surface area contributed by atoms with Gasteiger partial charge in [-0.25, -0.2) is 0 Å². The van der Waals surface area contributed by atoms with Crippen LogP contribution in [0.3, 0.4) is 0 Å². The van der Waals surface area contributed by atoms with Crippen molar-refractivity contribution < 1.29 is 14.3 Å². The Balaban J connectivity index is 1.20. The van der Waals surface area contributed by atoms with Crippen LogP contribution in [0.25, 0.3) is 0 Å². The van der Waals surface area contributed by atoms with E-state index >= 15 is 0 Å². The molecule has 174 valence electrons. The summed E-state index contributed by atoms with van der Waals surface area (Å²) in [6, 6.07) is 25.8. The summed E-state index contributed by atoms with van der Waals surface area (Å²) in [5.41, 5.74) is 3.62. The summed E-state index contributed by atoms with van der Waals surface area (Å²) in [6.45, 7) is 3.32. The number of carbonyl (C=O) groups excluding carboxylic acids is 2. The van der Waals surface area contributed by atoms with E-state index in [4.69, 9.17) is 4.74 Å². The molecule has 34 heavy (non-hydrogen) atoms. The first kappa shape index (κ1) is 22.2. The van der Waals surface area contributed by atoms with Crippen LogP contribution in [-0.2, 0) is 17.9 Å². The molecule has 2 amide bonds. The predicted molar refractivity (Wildman–Crippen MR) is 132 cm³/mol. The number of piperidine rings is 1. The topological polar surface area (TPSA) is 61.9 Å². The fraction of sp³-hybridized carbons (Fsp3) is 0.286. The van der Waals surface area contributed by atoms with E-state index in [1.54, 1.807) is 17.0 Å². The van der Waals surface area contributed by atoms with Gasteiger partial charge < -0.3 is 15.0 Å². The molecule has 3 aromatic rings. The molecule has 5 rings (SSSR count). The molecule has 6 nitrogen and oxygen atoms in total. The van der Waals surface area contributed by atoms with Gasteiger partial charge in [0.2, 0.25) is 0 Å². The molecule has 0 radical (unpaired) electrons. The minimum atomic E-state index is -0.0978. The van der Waals surface area contributed by atoms with Crippen LogP contribution in [0.5, 0.6) is 5.75 Å². The SMILES string of the molecule is O=C(NC1CCN(Cc2ccccc2)CC1)c1ccc2c(c1)OCC(=O)N2Cc1ccccc1. The second-order valence-electron chi connectivity index (χ2n) is 8.95. The summed E-state index contributed by atoms with van der Waals surface area (Å²) in [7, 11) is 0. The number of amides is 2. The molecular formula is C28H29N3O3. The molecule has 0 aliphatic carbocycles. The van der Waals surface area contributed by atoms with E-state index in [0.29, 0.717) is 23.5 Å². The van der Waals surface area contributed by atoms with Gasteiger partial charge >= 0.3 is 0 Å². The fourth-order valence-corrected chi connectivity index (χ4v) is 4.63. The lowest BCUT2D eigenvalue weighted by Crippen LogP contribution is -2.44. The summed E-state index contributed by atoms with van der Waals surface area (Å²) in [5.74, 6) is 0.385. The number of nitrogens with one attached hydrogen (secondary N) is 1. The second kappa shape index (κ2) is 10.1. The van der Waals surface area contributed by atoms with E-state index in [1.807, 2.05) is 42.5 Å². The van der Waals surface area contributed by atoms with Gasteiger partial charge in [-0.3, -0.25) is 14.5 Å². The lowest BCUT2D eigenvalue weighted by atomic mass is 10.0. The molecule has 2 aliphatic heterocycles. The van der Waals surface area contributed by atoms with Gasteiger partial charge in [0.15, 0.2) is 6.61 Å². The minimum absolute atomic E-state index is 0.0230. The molecule has 1 N–H and O–H groups in total. The molecule has 0 spiro atoms. The van der Waals surface area contributed by atoms with E-state index in [1.165, 1.54) is 5.56 Å². The highest BCUT2D eigenvalue weighted by Gasteiger charge is 2.27. The van der Waals surface area contributed by atoms with Crippen molar-refractivity contribution in [1.82, 2.24) is 10.2 Å². The minimum Gasteiger partial charge on any atom is -0.482 e. The molecule has 0 atom stereocenters. The van der Waals surface area contributed by atoms with Crippen LogP contribution in [-0.4, -0.2) is 42.5 Å². The summed E-state index contributed by atoms with van der Waals surface area (Å²) < 4.78 is 5.68. The summed E-state index contributed by atoms with van der Waals surface area (Å²) >= 11 is 0. The molecule has 0 bridgehead atoms. The fourth-order valence-electron chi connectivity index (χ4n) is 4.63. The Morgan fingerprint density at radius 3 is 2.21 bits per heavy atom. The maximum atomic E-state index is 12.9. The van der Waals surface area contributed by atoms with Crippen molar-refractivity contribution in [2.45, 2.75) is 32.0 Å². The zero-order chi connectivity index (χ0) is 23.3. The van der Waals surface area contributed by atoms with Crippen LogP contribution in [0, 0.1) is 0 Å². The zero-order valence-electron chi connectivity index (χ0n) is 19.2. The molecule has 0 saturated carbocycles. The van der Waals surface area contributed by atoms with Gasteiger partial charge in [-0.05, 0) is 42.2 Å². The zero-order valence-corrected chi connectivity index (χ0v) is 19.2. The monoisotopic (exact) mass is 455 g/mol. The third-order valence-electron chi connectivity index (χ3n) is 6.52. The summed E-state index contributed by atoms with van der Waals surface area (Å²) in [4.78, 5) is 29.6. The number of fused-ring (bicyclic) bond motifs is 1. The van der Waals surface area contributed by atoms with Gasteiger partial charge in [0.25, 0.3) is 11.8 Å². The van der Waals surface area contributed by atoms with Gasteiger partial charge in [0.1, 0.15) is 5.75 Å². The van der Waals surface area contributed by atoms with Gasteiger partial charge in [-0.15, -0.1) is 0 Å². The second-order valence-corrected chi connectivity index (χ2v) is 8.95. The van der Waals surface area contributed by atoms with Gasteiger partial charge in [0.05, 0.1) is 12.2 Å². The van der Waals surface area contributed by atoms with Crippen molar-refractivity contribution in [2.75, 3.05) is 24.6 Å². The van der Waals surface area contributed by atoms with Crippen molar-refractivity contribution in [3.05, 3.63) is 95.6 Å². The van der Waals surface area contributed by atoms with Crippen LogP contribution < -0.4 is 15.0 Å². The van der Waals surface area contributed by atoms with E-state index in [0.717, 1.165) is 38.0 Å². The molecule has 3 aromatic carbocycles. The number of carbonyl (C=O) groups is 2. The van der Waals surface area contributed by atoms with E-state index < -0.39 is 0 Å². The van der Waals surface area contributed by atoms with Gasteiger partial charge in [0, 0.05) is 31.2 Å². The normalized spacial score (nSPS) is 16.6. The molecule has 6 heteroatoms. The van der Waals surface area contributed by atoms with Crippen LogP contribution in [0.15, 0.2) is 78.9 Å². The van der Waals surface area contributed by atoms with E-state index in [-0.39, 0.29) is 24.5 Å². The Morgan fingerprint density at radius 1 is 0.882 bits per heavy atom. The first-order chi connectivity index (χ1) is 16.7. The van der Waals surface area contributed by atoms with Crippen LogP contribution >= 0.6 is 0 Å². The van der Waals surface area contributed by atoms with Crippen molar-refractivity contribution in [1.29, 1.82) is 0 Å². The number of hydrogen-bond acceptors (Lipinski definition) is 4. The average Bonchev–Trinajstić information content (AvgIpc) is 2.88. The van der Waals surface area contributed by atoms with E-state index in [2.05, 4.69) is 34.5 Å².